The summed E-state index contributed by atoms with van der Waals surface area (Å²) in [6, 6.07) is 9.63. The van der Waals surface area contributed by atoms with Crippen molar-refractivity contribution in [1.29, 1.82) is 0 Å². The molecule has 0 atom stereocenters. The topological polar surface area (TPSA) is 102 Å². The number of non-ortho nitro benzene ring substituents is 1. The highest BCUT2D eigenvalue weighted by molar-refractivity contribution is 7.18. The molecule has 8 heteroatoms. The molecule has 0 spiro atoms. The van der Waals surface area contributed by atoms with Crippen LogP contribution in [0.4, 0.5) is 5.69 Å². The van der Waals surface area contributed by atoms with Crippen molar-refractivity contribution in [2.45, 2.75) is 25.7 Å². The highest BCUT2D eigenvalue weighted by Gasteiger charge is 2.21. The first-order valence-corrected chi connectivity index (χ1v) is 9.81. The molecule has 0 saturated heterocycles. The van der Waals surface area contributed by atoms with E-state index in [0.717, 1.165) is 36.1 Å². The van der Waals surface area contributed by atoms with Crippen LogP contribution in [0.15, 0.2) is 45.6 Å². The van der Waals surface area contributed by atoms with Gasteiger partial charge >= 0.3 is 0 Å². The van der Waals surface area contributed by atoms with Crippen LogP contribution in [0.5, 0.6) is 0 Å². The Hall–Kier alpha value is -3.26. The third-order valence-corrected chi connectivity index (χ3v) is 6.21. The normalized spacial score (nSPS) is 13.6. The second kappa shape index (κ2) is 6.42. The number of benzene rings is 1. The maximum Gasteiger partial charge on any atom is 0.269 e. The number of aromatic nitrogens is 2. The number of rotatable bonds is 3. The molecular weight excluding hydrogens is 378 g/mol. The van der Waals surface area contributed by atoms with Gasteiger partial charge in [0, 0.05) is 22.6 Å². The van der Waals surface area contributed by atoms with Crippen LogP contribution in [0.2, 0.25) is 0 Å². The van der Waals surface area contributed by atoms with E-state index in [1.807, 2.05) is 0 Å². The van der Waals surface area contributed by atoms with Crippen molar-refractivity contribution in [2.24, 2.45) is 0 Å². The summed E-state index contributed by atoms with van der Waals surface area (Å²) in [6.45, 7) is 0. The summed E-state index contributed by atoms with van der Waals surface area (Å²) < 4.78 is 5.86. The predicted octanol–water partition coefficient (Wildman–Crippen LogP) is 4.70. The molecule has 1 N–H and O–H groups in total. The standard InChI is InChI=1S/C20H15N3O4S/c24-19-17-13-3-1-2-4-16(13)28-20(17)22-18(21-19)15-10-9-14(27-15)11-5-7-12(8-6-11)23(25)26/h5-10H,1-4H2,(H,21,22,24). The fourth-order valence-corrected chi connectivity index (χ4v) is 4.91. The van der Waals surface area contributed by atoms with Gasteiger partial charge in [0.05, 0.1) is 10.3 Å². The molecule has 1 aliphatic rings. The van der Waals surface area contributed by atoms with Crippen molar-refractivity contribution in [3.8, 4) is 22.9 Å². The van der Waals surface area contributed by atoms with Crippen LogP contribution in [-0.4, -0.2) is 14.9 Å². The van der Waals surface area contributed by atoms with Gasteiger partial charge in [-0.2, -0.15) is 0 Å². The molecule has 0 unspecified atom stereocenters. The monoisotopic (exact) mass is 393 g/mol. The number of aryl methyl sites for hydroxylation is 2. The Bertz CT molecular complexity index is 1270. The van der Waals surface area contributed by atoms with Crippen LogP contribution in [0.1, 0.15) is 23.3 Å². The van der Waals surface area contributed by atoms with Crippen LogP contribution in [0.3, 0.4) is 0 Å². The lowest BCUT2D eigenvalue weighted by Crippen LogP contribution is -2.11. The lowest BCUT2D eigenvalue weighted by atomic mass is 9.97. The van der Waals surface area contributed by atoms with E-state index in [1.165, 1.54) is 17.0 Å². The first-order chi connectivity index (χ1) is 13.6. The number of hydrogen-bond acceptors (Lipinski definition) is 6. The quantitative estimate of drug-likeness (QED) is 0.401. The molecule has 3 heterocycles. The number of nitro groups is 1. The summed E-state index contributed by atoms with van der Waals surface area (Å²) in [7, 11) is 0. The number of H-pyrrole nitrogens is 1. The summed E-state index contributed by atoms with van der Waals surface area (Å²) in [5, 5.41) is 11.5. The number of fused-ring (bicyclic) bond motifs is 3. The van der Waals surface area contributed by atoms with Gasteiger partial charge in [-0.3, -0.25) is 14.9 Å². The van der Waals surface area contributed by atoms with Crippen molar-refractivity contribution in [3.05, 3.63) is 67.3 Å². The lowest BCUT2D eigenvalue weighted by molar-refractivity contribution is -0.384. The van der Waals surface area contributed by atoms with Gasteiger partial charge in [-0.25, -0.2) is 4.98 Å². The van der Waals surface area contributed by atoms with Gasteiger partial charge in [0.1, 0.15) is 10.6 Å². The second-order valence-corrected chi connectivity index (χ2v) is 7.86. The molecule has 0 saturated carbocycles. The van der Waals surface area contributed by atoms with Crippen LogP contribution < -0.4 is 5.56 Å². The smallest absolute Gasteiger partial charge is 0.269 e. The van der Waals surface area contributed by atoms with Gasteiger partial charge in [0.2, 0.25) is 0 Å². The lowest BCUT2D eigenvalue weighted by Gasteiger charge is -2.09. The van der Waals surface area contributed by atoms with Crippen molar-refractivity contribution in [3.63, 3.8) is 0 Å². The van der Waals surface area contributed by atoms with Crippen molar-refractivity contribution in [1.82, 2.24) is 9.97 Å². The van der Waals surface area contributed by atoms with Gasteiger partial charge in [-0.15, -0.1) is 11.3 Å². The molecule has 140 valence electrons. The number of aromatic amines is 1. The molecular formula is C20H15N3O4S. The zero-order valence-electron chi connectivity index (χ0n) is 14.7. The second-order valence-electron chi connectivity index (χ2n) is 6.77. The number of nitrogens with one attached hydrogen (secondary N) is 1. The molecule has 0 aliphatic heterocycles. The molecule has 5 rings (SSSR count). The Morgan fingerprint density at radius 2 is 1.82 bits per heavy atom. The maximum absolute atomic E-state index is 12.7. The van der Waals surface area contributed by atoms with E-state index in [-0.39, 0.29) is 11.2 Å². The van der Waals surface area contributed by atoms with E-state index >= 15 is 0 Å². The fraction of sp³-hybridized carbons (Fsp3) is 0.200. The third kappa shape index (κ3) is 2.73. The number of nitrogens with zero attached hydrogens (tertiary/aromatic N) is 2. The minimum absolute atomic E-state index is 0.0219. The molecule has 0 radical (unpaired) electrons. The molecule has 28 heavy (non-hydrogen) atoms. The zero-order chi connectivity index (χ0) is 19.3. The molecule has 1 aromatic carbocycles. The Kier molecular flexibility index (Phi) is 3.87. The van der Waals surface area contributed by atoms with Gasteiger partial charge < -0.3 is 9.40 Å². The SMILES string of the molecule is O=c1[nH]c(-c2ccc(-c3ccc([N+](=O)[O-])cc3)o2)nc2sc3c(c12)CCCC3. The average molecular weight is 393 g/mol. The van der Waals surface area contributed by atoms with E-state index in [0.29, 0.717) is 28.3 Å². The van der Waals surface area contributed by atoms with E-state index < -0.39 is 4.92 Å². The van der Waals surface area contributed by atoms with Crippen molar-refractivity contribution < 1.29 is 9.34 Å². The number of hydrogen-bond donors (Lipinski definition) is 1. The first-order valence-electron chi connectivity index (χ1n) is 9.00. The minimum atomic E-state index is -0.443. The Labute approximate surface area is 162 Å². The van der Waals surface area contributed by atoms with Crippen LogP contribution >= 0.6 is 11.3 Å². The molecule has 1 aliphatic carbocycles. The van der Waals surface area contributed by atoms with E-state index in [1.54, 1.807) is 35.6 Å². The Morgan fingerprint density at radius 3 is 2.61 bits per heavy atom. The fourth-order valence-electron chi connectivity index (χ4n) is 3.65. The Morgan fingerprint density at radius 1 is 1.07 bits per heavy atom. The summed E-state index contributed by atoms with van der Waals surface area (Å²) in [4.78, 5) is 32.5. The van der Waals surface area contributed by atoms with Gasteiger partial charge in [-0.1, -0.05) is 0 Å². The molecule has 0 amide bonds. The third-order valence-electron chi connectivity index (χ3n) is 5.03. The minimum Gasteiger partial charge on any atom is -0.453 e. The molecule has 0 fully saturated rings. The summed E-state index contributed by atoms with van der Waals surface area (Å²) in [6.07, 6.45) is 4.21. The van der Waals surface area contributed by atoms with Crippen molar-refractivity contribution >= 4 is 27.2 Å². The van der Waals surface area contributed by atoms with Crippen LogP contribution in [0.25, 0.3) is 33.1 Å². The summed E-state index contributed by atoms with van der Waals surface area (Å²) >= 11 is 1.59. The highest BCUT2D eigenvalue weighted by atomic mass is 32.1. The van der Waals surface area contributed by atoms with Crippen LogP contribution in [0, 0.1) is 10.1 Å². The number of thiophene rings is 1. The summed E-state index contributed by atoms with van der Waals surface area (Å²) in [5.41, 5.74) is 1.76. The number of nitro benzene ring substituents is 1. The zero-order valence-corrected chi connectivity index (χ0v) is 15.5. The number of furan rings is 1. The van der Waals surface area contributed by atoms with Gasteiger partial charge in [0.25, 0.3) is 11.2 Å². The van der Waals surface area contributed by atoms with E-state index in [2.05, 4.69) is 9.97 Å². The van der Waals surface area contributed by atoms with E-state index in [9.17, 15) is 14.9 Å². The molecule has 0 bridgehead atoms. The molecule has 3 aromatic heterocycles. The first kappa shape index (κ1) is 16.9. The van der Waals surface area contributed by atoms with Crippen LogP contribution in [-0.2, 0) is 12.8 Å². The van der Waals surface area contributed by atoms with Gasteiger partial charge in [-0.05, 0) is 55.5 Å². The van der Waals surface area contributed by atoms with E-state index in [4.69, 9.17) is 4.42 Å². The average Bonchev–Trinajstić information content (AvgIpc) is 3.33. The largest absolute Gasteiger partial charge is 0.453 e. The van der Waals surface area contributed by atoms with Crippen molar-refractivity contribution in [2.75, 3.05) is 0 Å². The Balaban J connectivity index is 1.54. The molecule has 7 nitrogen and oxygen atoms in total. The predicted molar refractivity (Wildman–Crippen MR) is 107 cm³/mol. The maximum atomic E-state index is 12.7. The summed E-state index contributed by atoms with van der Waals surface area (Å²) in [5.74, 6) is 1.40. The molecule has 4 aromatic rings. The van der Waals surface area contributed by atoms with Gasteiger partial charge in [0.15, 0.2) is 11.6 Å². The highest BCUT2D eigenvalue weighted by Crippen LogP contribution is 2.35.